The van der Waals surface area contributed by atoms with E-state index in [9.17, 15) is 4.79 Å². The molecule has 3 aromatic rings. The van der Waals surface area contributed by atoms with E-state index in [1.54, 1.807) is 0 Å². The molecule has 5 nitrogen and oxygen atoms in total. The van der Waals surface area contributed by atoms with Gasteiger partial charge in [0.2, 0.25) is 5.91 Å². The van der Waals surface area contributed by atoms with E-state index in [1.165, 1.54) is 48.0 Å². The molecule has 0 spiro atoms. The normalized spacial score (nSPS) is 20.1. The highest BCUT2D eigenvalue weighted by atomic mass is 16.1. The van der Waals surface area contributed by atoms with E-state index >= 15 is 0 Å². The Balaban J connectivity index is 1.11. The lowest BCUT2D eigenvalue weighted by Gasteiger charge is -2.33. The minimum atomic E-state index is 0.158. The van der Waals surface area contributed by atoms with Gasteiger partial charge in [-0.1, -0.05) is 55.0 Å². The summed E-state index contributed by atoms with van der Waals surface area (Å²) in [4.78, 5) is 17.9. The molecule has 0 unspecified atom stereocenters. The van der Waals surface area contributed by atoms with Gasteiger partial charge in [0.15, 0.2) is 0 Å². The van der Waals surface area contributed by atoms with Gasteiger partial charge in [-0.05, 0) is 81.7 Å². The highest BCUT2D eigenvalue weighted by molar-refractivity contribution is 5.81. The van der Waals surface area contributed by atoms with Crippen molar-refractivity contribution in [1.29, 1.82) is 0 Å². The average Bonchev–Trinajstić information content (AvgIpc) is 3.25. The second-order valence-corrected chi connectivity index (χ2v) is 10.8. The van der Waals surface area contributed by atoms with Crippen LogP contribution in [0.1, 0.15) is 56.7 Å². The van der Waals surface area contributed by atoms with Crippen molar-refractivity contribution in [2.24, 2.45) is 5.92 Å². The van der Waals surface area contributed by atoms with Gasteiger partial charge in [-0.25, -0.2) is 0 Å². The van der Waals surface area contributed by atoms with E-state index < -0.39 is 0 Å². The molecule has 5 rings (SSSR count). The van der Waals surface area contributed by atoms with Crippen molar-refractivity contribution in [2.75, 3.05) is 32.7 Å². The molecule has 2 fully saturated rings. The van der Waals surface area contributed by atoms with E-state index in [-0.39, 0.29) is 11.8 Å². The molecular weight excluding hydrogens is 444 g/mol. The van der Waals surface area contributed by atoms with E-state index in [0.717, 1.165) is 58.5 Å². The van der Waals surface area contributed by atoms with Gasteiger partial charge in [-0.2, -0.15) is 0 Å². The van der Waals surface area contributed by atoms with Crippen molar-refractivity contribution in [1.82, 2.24) is 19.7 Å². The van der Waals surface area contributed by atoms with Crippen LogP contribution in [0.5, 0.6) is 0 Å². The molecule has 1 amide bonds. The molecule has 0 saturated carbocycles. The maximum absolute atomic E-state index is 12.8. The number of aromatic nitrogens is 1. The van der Waals surface area contributed by atoms with Gasteiger partial charge in [0.25, 0.3) is 0 Å². The summed E-state index contributed by atoms with van der Waals surface area (Å²) in [5.74, 6) is 0.421. The van der Waals surface area contributed by atoms with Crippen molar-refractivity contribution in [2.45, 2.75) is 64.6 Å². The van der Waals surface area contributed by atoms with Crippen molar-refractivity contribution in [3.8, 4) is 0 Å². The topological polar surface area (TPSA) is 40.5 Å². The fourth-order valence-corrected chi connectivity index (χ4v) is 6.06. The Morgan fingerprint density at radius 2 is 1.69 bits per heavy atom. The second-order valence-electron chi connectivity index (χ2n) is 10.8. The van der Waals surface area contributed by atoms with Crippen LogP contribution in [0.2, 0.25) is 0 Å². The average molecular weight is 487 g/mol. The molecule has 1 N–H and O–H groups in total. The van der Waals surface area contributed by atoms with Crippen molar-refractivity contribution >= 4 is 16.8 Å². The van der Waals surface area contributed by atoms with Crippen LogP contribution in [-0.4, -0.2) is 59.0 Å². The van der Waals surface area contributed by atoms with Crippen LogP contribution < -0.4 is 5.32 Å². The lowest BCUT2D eigenvalue weighted by Crippen LogP contribution is -2.42. The molecule has 5 heteroatoms. The zero-order valence-electron chi connectivity index (χ0n) is 21.9. The van der Waals surface area contributed by atoms with E-state index in [1.807, 2.05) is 0 Å². The third-order valence-electron chi connectivity index (χ3n) is 8.29. The Morgan fingerprint density at radius 3 is 2.50 bits per heavy atom. The van der Waals surface area contributed by atoms with E-state index in [2.05, 4.69) is 87.3 Å². The third kappa shape index (κ3) is 6.19. The van der Waals surface area contributed by atoms with Gasteiger partial charge >= 0.3 is 0 Å². The summed E-state index contributed by atoms with van der Waals surface area (Å²) in [6.07, 6.45) is 6.96. The molecule has 2 aliphatic heterocycles. The van der Waals surface area contributed by atoms with Gasteiger partial charge in [-0.3, -0.25) is 9.69 Å². The molecule has 36 heavy (non-hydrogen) atoms. The number of para-hydroxylation sites is 1. The Kier molecular flexibility index (Phi) is 8.40. The Morgan fingerprint density at radius 1 is 0.917 bits per heavy atom. The predicted molar refractivity (Wildman–Crippen MR) is 148 cm³/mol. The van der Waals surface area contributed by atoms with Gasteiger partial charge in [-0.15, -0.1) is 0 Å². The maximum Gasteiger partial charge on any atom is 0.223 e. The number of fused-ring (bicyclic) bond motifs is 1. The van der Waals surface area contributed by atoms with Gasteiger partial charge in [0.05, 0.1) is 0 Å². The summed E-state index contributed by atoms with van der Waals surface area (Å²) in [7, 11) is 0. The summed E-state index contributed by atoms with van der Waals surface area (Å²) in [5.41, 5.74) is 3.98. The van der Waals surface area contributed by atoms with Crippen molar-refractivity contribution < 1.29 is 4.79 Å². The lowest BCUT2D eigenvalue weighted by atomic mass is 9.95. The number of rotatable bonds is 9. The van der Waals surface area contributed by atoms with Gasteiger partial charge < -0.3 is 14.8 Å². The fourth-order valence-electron chi connectivity index (χ4n) is 6.06. The highest BCUT2D eigenvalue weighted by Crippen LogP contribution is 2.25. The highest BCUT2D eigenvalue weighted by Gasteiger charge is 2.26. The summed E-state index contributed by atoms with van der Waals surface area (Å²) >= 11 is 0. The van der Waals surface area contributed by atoms with Crippen molar-refractivity contribution in [3.63, 3.8) is 0 Å². The molecule has 3 heterocycles. The summed E-state index contributed by atoms with van der Waals surface area (Å²) in [6, 6.07) is 22.5. The number of nitrogens with zero attached hydrogens (tertiary/aromatic N) is 3. The van der Waals surface area contributed by atoms with Crippen LogP contribution in [0, 0.1) is 5.92 Å². The number of hydrogen-bond acceptors (Lipinski definition) is 3. The third-order valence-corrected chi connectivity index (χ3v) is 8.29. The molecule has 2 aliphatic rings. The molecule has 1 atom stereocenters. The van der Waals surface area contributed by atoms with Crippen LogP contribution in [0.3, 0.4) is 0 Å². The number of likely N-dealkylation sites (tertiary alicyclic amines) is 2. The first kappa shape index (κ1) is 25.0. The quantitative estimate of drug-likeness (QED) is 0.418. The first-order valence-corrected chi connectivity index (χ1v) is 14.0. The predicted octanol–water partition coefficient (Wildman–Crippen LogP) is 5.28. The van der Waals surface area contributed by atoms with Crippen LogP contribution in [0.4, 0.5) is 0 Å². The zero-order valence-corrected chi connectivity index (χ0v) is 21.9. The fraction of sp³-hybridized carbons (Fsp3) is 0.516. The molecule has 0 radical (unpaired) electrons. The second kappa shape index (κ2) is 12.1. The van der Waals surface area contributed by atoms with Gasteiger partial charge in [0, 0.05) is 49.3 Å². The molecule has 192 valence electrons. The molecular formula is C31H42N4O. The minimum absolute atomic E-state index is 0.158. The Bertz CT molecular complexity index is 1120. The number of amides is 1. The molecule has 2 aromatic carbocycles. The summed E-state index contributed by atoms with van der Waals surface area (Å²) < 4.78 is 2.46. The summed E-state index contributed by atoms with van der Waals surface area (Å²) in [6.45, 7) is 9.26. The Hall–Kier alpha value is -2.63. The zero-order chi connectivity index (χ0) is 24.7. The van der Waals surface area contributed by atoms with E-state index in [0.29, 0.717) is 6.04 Å². The van der Waals surface area contributed by atoms with Crippen LogP contribution in [-0.2, 0) is 17.9 Å². The standard InChI is InChI=1S/C31H42N4O/c1-25-10-7-8-18-34(25)19-9-17-32-31(36)27-15-20-33(21-16-27)24-29-22-28-13-5-6-14-30(28)35(29)23-26-11-3-2-4-12-26/h2-6,11-14,22,25,27H,7-10,15-21,23-24H2,1H3,(H,32,36)/t25-/m1/s1. The van der Waals surface area contributed by atoms with Crippen molar-refractivity contribution in [3.05, 3.63) is 71.9 Å². The maximum atomic E-state index is 12.8. The van der Waals surface area contributed by atoms with Crippen LogP contribution >= 0.6 is 0 Å². The molecule has 1 aromatic heterocycles. The monoisotopic (exact) mass is 486 g/mol. The SMILES string of the molecule is C[C@@H]1CCCCN1CCCNC(=O)C1CCN(Cc2cc3ccccc3n2Cc2ccccc2)CC1. The number of carbonyl (C=O) groups excluding carboxylic acids is 1. The summed E-state index contributed by atoms with van der Waals surface area (Å²) in [5, 5.41) is 4.54. The van der Waals surface area contributed by atoms with Crippen LogP contribution in [0.25, 0.3) is 10.9 Å². The van der Waals surface area contributed by atoms with E-state index in [4.69, 9.17) is 0 Å². The molecule has 0 bridgehead atoms. The molecule has 2 saturated heterocycles. The minimum Gasteiger partial charge on any atom is -0.356 e. The number of benzene rings is 2. The number of carbonyl (C=O) groups is 1. The first-order chi connectivity index (χ1) is 17.7. The smallest absolute Gasteiger partial charge is 0.223 e. The largest absolute Gasteiger partial charge is 0.356 e. The number of nitrogens with one attached hydrogen (secondary N) is 1. The number of hydrogen-bond donors (Lipinski definition) is 1. The number of piperidine rings is 2. The van der Waals surface area contributed by atoms with Crippen LogP contribution in [0.15, 0.2) is 60.7 Å². The first-order valence-electron chi connectivity index (χ1n) is 14.0. The lowest BCUT2D eigenvalue weighted by molar-refractivity contribution is -0.126. The van der Waals surface area contributed by atoms with Gasteiger partial charge in [0.1, 0.15) is 0 Å². The Labute approximate surface area is 216 Å². The molecule has 0 aliphatic carbocycles.